The second kappa shape index (κ2) is 10.7. The van der Waals surface area contributed by atoms with Gasteiger partial charge in [-0.2, -0.15) is 0 Å². The average Bonchev–Trinajstić information content (AvgIpc) is 3.10. The molecule has 34 heavy (non-hydrogen) atoms. The molecule has 0 aliphatic carbocycles. The van der Waals surface area contributed by atoms with Crippen LogP contribution < -0.4 is 19.6 Å². The minimum atomic E-state index is -0.598. The van der Waals surface area contributed by atoms with Crippen LogP contribution in [0.1, 0.15) is 37.9 Å². The molecule has 0 saturated heterocycles. The van der Waals surface area contributed by atoms with Crippen molar-refractivity contribution in [1.82, 2.24) is 4.57 Å². The van der Waals surface area contributed by atoms with Crippen LogP contribution in [0.25, 0.3) is 6.08 Å². The number of esters is 1. The normalized spacial score (nSPS) is 15.7. The molecule has 1 aliphatic heterocycles. The highest BCUT2D eigenvalue weighted by atomic mass is 127. The van der Waals surface area contributed by atoms with E-state index in [1.807, 2.05) is 55.5 Å². The zero-order valence-electron chi connectivity index (χ0n) is 18.8. The van der Waals surface area contributed by atoms with Crippen molar-refractivity contribution in [3.05, 3.63) is 91.7 Å². The van der Waals surface area contributed by atoms with Crippen molar-refractivity contribution >= 4 is 68.6 Å². The molecule has 0 N–H and O–H groups in total. The molecule has 2 heterocycles. The lowest BCUT2D eigenvalue weighted by atomic mass is 9.96. The summed E-state index contributed by atoms with van der Waals surface area (Å²) >= 11 is 5.81. The van der Waals surface area contributed by atoms with Gasteiger partial charge in [0.05, 0.1) is 42.2 Å². The van der Waals surface area contributed by atoms with Gasteiger partial charge in [0, 0.05) is 0 Å². The molecule has 0 amide bonds. The van der Waals surface area contributed by atoms with E-state index in [0.29, 0.717) is 27.2 Å². The van der Waals surface area contributed by atoms with Gasteiger partial charge in [-0.3, -0.25) is 9.36 Å². The summed E-state index contributed by atoms with van der Waals surface area (Å²) in [5.74, 6) is 0.392. The van der Waals surface area contributed by atoms with Crippen molar-refractivity contribution in [2.45, 2.75) is 26.8 Å². The Bertz CT molecular complexity index is 1440. The van der Waals surface area contributed by atoms with E-state index < -0.39 is 12.0 Å². The molecule has 0 spiro atoms. The number of thiazole rings is 1. The number of aromatic nitrogens is 1. The zero-order valence-corrected chi connectivity index (χ0v) is 23.9. The number of halogens is 2. The first kappa shape index (κ1) is 25.1. The molecule has 0 radical (unpaired) electrons. The number of rotatable bonds is 6. The van der Waals surface area contributed by atoms with Crippen LogP contribution in [-0.4, -0.2) is 23.8 Å². The Hall–Kier alpha value is -1.99. The van der Waals surface area contributed by atoms with Gasteiger partial charge in [-0.05, 0) is 95.3 Å². The molecule has 0 fully saturated rings. The van der Waals surface area contributed by atoms with Gasteiger partial charge in [-0.1, -0.05) is 41.7 Å². The number of carbonyl (C=O) groups is 1. The van der Waals surface area contributed by atoms with Crippen LogP contribution in [0.2, 0.25) is 0 Å². The Morgan fingerprint density at radius 3 is 2.44 bits per heavy atom. The van der Waals surface area contributed by atoms with Gasteiger partial charge >= 0.3 is 5.97 Å². The summed E-state index contributed by atoms with van der Waals surface area (Å²) in [5.41, 5.74) is 2.49. The van der Waals surface area contributed by atoms with E-state index in [0.717, 1.165) is 24.0 Å². The first-order valence-electron chi connectivity index (χ1n) is 10.7. The molecule has 3 aromatic rings. The number of hydrogen-bond acceptors (Lipinski definition) is 6. The lowest BCUT2D eigenvalue weighted by Gasteiger charge is -2.24. The standard InChI is InChI=1S/C25H22I2N2O4S/c1-4-32-22-17(26)11-15(12-18(22)27)13-19-23(30)29-21(16-9-7-6-8-10-16)20(24(31)33-5-2)14(3)28-25(29)34-19/h6-13,21H,4-5H2,1-3H3/b19-13-/t21-/m0/s1. The highest BCUT2D eigenvalue weighted by Crippen LogP contribution is 2.31. The summed E-state index contributed by atoms with van der Waals surface area (Å²) in [4.78, 5) is 31.7. The Morgan fingerprint density at radius 2 is 1.82 bits per heavy atom. The molecule has 0 saturated carbocycles. The first-order chi connectivity index (χ1) is 16.3. The molecule has 1 aliphatic rings. The summed E-state index contributed by atoms with van der Waals surface area (Å²) in [6, 6.07) is 12.9. The van der Waals surface area contributed by atoms with E-state index in [1.165, 1.54) is 11.3 Å². The van der Waals surface area contributed by atoms with Gasteiger partial charge in [0.1, 0.15) is 5.75 Å². The highest BCUT2D eigenvalue weighted by molar-refractivity contribution is 14.1. The fourth-order valence-electron chi connectivity index (χ4n) is 3.84. The lowest BCUT2D eigenvalue weighted by Crippen LogP contribution is -2.39. The number of benzene rings is 2. The third kappa shape index (κ3) is 4.87. The minimum absolute atomic E-state index is 0.189. The summed E-state index contributed by atoms with van der Waals surface area (Å²) < 4.78 is 15.2. The van der Waals surface area contributed by atoms with Crippen LogP contribution in [0.3, 0.4) is 0 Å². The Morgan fingerprint density at radius 1 is 1.15 bits per heavy atom. The quantitative estimate of drug-likeness (QED) is 0.283. The van der Waals surface area contributed by atoms with Crippen LogP contribution in [0, 0.1) is 7.14 Å². The van der Waals surface area contributed by atoms with Crippen molar-refractivity contribution < 1.29 is 14.3 Å². The summed E-state index contributed by atoms with van der Waals surface area (Å²) in [6.45, 7) is 6.34. The van der Waals surface area contributed by atoms with Gasteiger partial charge in [-0.15, -0.1) is 0 Å². The van der Waals surface area contributed by atoms with Gasteiger partial charge in [0.25, 0.3) is 5.56 Å². The fraction of sp³-hybridized carbons (Fsp3) is 0.240. The monoisotopic (exact) mass is 700 g/mol. The Labute approximate surface area is 228 Å². The van der Waals surface area contributed by atoms with Crippen LogP contribution in [0.15, 0.2) is 63.5 Å². The Kier molecular flexibility index (Phi) is 7.93. The molecule has 2 aromatic carbocycles. The van der Waals surface area contributed by atoms with Gasteiger partial charge in [0.2, 0.25) is 0 Å². The van der Waals surface area contributed by atoms with Gasteiger partial charge in [-0.25, -0.2) is 9.79 Å². The third-order valence-corrected chi connectivity index (χ3v) is 7.82. The molecular weight excluding hydrogens is 678 g/mol. The lowest BCUT2D eigenvalue weighted by molar-refractivity contribution is -0.139. The molecule has 6 nitrogen and oxygen atoms in total. The summed E-state index contributed by atoms with van der Waals surface area (Å²) in [7, 11) is 0. The van der Waals surface area contributed by atoms with Crippen LogP contribution in [0.4, 0.5) is 0 Å². The average molecular weight is 700 g/mol. The molecule has 4 rings (SSSR count). The van der Waals surface area contributed by atoms with Crippen LogP contribution in [-0.2, 0) is 9.53 Å². The number of nitrogens with zero attached hydrogens (tertiary/aromatic N) is 2. The molecule has 9 heteroatoms. The van der Waals surface area contributed by atoms with E-state index in [9.17, 15) is 9.59 Å². The van der Waals surface area contributed by atoms with Crippen molar-refractivity contribution in [2.75, 3.05) is 13.2 Å². The first-order valence-corrected chi connectivity index (χ1v) is 13.7. The topological polar surface area (TPSA) is 69.9 Å². The maximum Gasteiger partial charge on any atom is 0.338 e. The van der Waals surface area contributed by atoms with Crippen molar-refractivity contribution in [3.8, 4) is 5.75 Å². The zero-order chi connectivity index (χ0) is 24.4. The molecule has 0 unspecified atom stereocenters. The third-order valence-electron chi connectivity index (χ3n) is 5.24. The van der Waals surface area contributed by atoms with Crippen molar-refractivity contribution in [3.63, 3.8) is 0 Å². The maximum atomic E-state index is 13.7. The minimum Gasteiger partial charge on any atom is -0.492 e. The van der Waals surface area contributed by atoms with E-state index in [4.69, 9.17) is 9.47 Å². The number of carbonyl (C=O) groups excluding carboxylic acids is 1. The van der Waals surface area contributed by atoms with Crippen molar-refractivity contribution in [1.29, 1.82) is 0 Å². The summed E-state index contributed by atoms with van der Waals surface area (Å²) in [5, 5.41) is 0. The van der Waals surface area contributed by atoms with Crippen molar-refractivity contribution in [2.24, 2.45) is 4.99 Å². The van der Waals surface area contributed by atoms with E-state index in [1.54, 1.807) is 18.4 Å². The largest absolute Gasteiger partial charge is 0.492 e. The van der Waals surface area contributed by atoms with Crippen LogP contribution >= 0.6 is 56.5 Å². The molecule has 176 valence electrons. The molecule has 0 bridgehead atoms. The number of hydrogen-bond donors (Lipinski definition) is 0. The van der Waals surface area contributed by atoms with E-state index in [-0.39, 0.29) is 12.2 Å². The van der Waals surface area contributed by atoms with E-state index >= 15 is 0 Å². The maximum absolute atomic E-state index is 13.7. The van der Waals surface area contributed by atoms with Gasteiger partial charge < -0.3 is 9.47 Å². The predicted octanol–water partition coefficient (Wildman–Crippen LogP) is 4.41. The smallest absolute Gasteiger partial charge is 0.338 e. The second-order valence-electron chi connectivity index (χ2n) is 7.46. The number of fused-ring (bicyclic) bond motifs is 1. The Balaban J connectivity index is 1.91. The summed E-state index contributed by atoms with van der Waals surface area (Å²) in [6.07, 6.45) is 1.87. The SMILES string of the molecule is CCOC(=O)C1=C(C)N=c2s/c(=C\c3cc(I)c(OCC)c(I)c3)c(=O)n2[C@H]1c1ccccc1. The highest BCUT2D eigenvalue weighted by Gasteiger charge is 2.33. The second-order valence-corrected chi connectivity index (χ2v) is 10.8. The fourth-order valence-corrected chi connectivity index (χ4v) is 7.01. The molecule has 1 aromatic heterocycles. The predicted molar refractivity (Wildman–Crippen MR) is 150 cm³/mol. The number of allylic oxidation sites excluding steroid dienone is 1. The number of ether oxygens (including phenoxy) is 2. The van der Waals surface area contributed by atoms with E-state index in [2.05, 4.69) is 50.2 Å². The molecular formula is C25H22I2N2O4S. The molecule has 1 atom stereocenters. The van der Waals surface area contributed by atoms with Crippen LogP contribution in [0.5, 0.6) is 5.75 Å². The van der Waals surface area contributed by atoms with Gasteiger partial charge in [0.15, 0.2) is 4.80 Å².